The number of hydrogen-bond donors (Lipinski definition) is 2. The van der Waals surface area contributed by atoms with Crippen LogP contribution in [0.2, 0.25) is 0 Å². The fourth-order valence-electron chi connectivity index (χ4n) is 3.66. The summed E-state index contributed by atoms with van der Waals surface area (Å²) in [4.78, 5) is 4.37. The van der Waals surface area contributed by atoms with E-state index in [0.717, 1.165) is 24.4 Å². The molecule has 3 rings (SSSR count). The van der Waals surface area contributed by atoms with E-state index in [2.05, 4.69) is 36.2 Å². The minimum absolute atomic E-state index is 0.0147. The fourth-order valence-corrected chi connectivity index (χ4v) is 3.66. The highest BCUT2D eigenvalue weighted by Gasteiger charge is 2.38. The van der Waals surface area contributed by atoms with Crippen molar-refractivity contribution in [1.29, 1.82) is 0 Å². The van der Waals surface area contributed by atoms with Gasteiger partial charge in [-0.25, -0.2) is 9.67 Å². The highest BCUT2D eigenvalue weighted by molar-refractivity contribution is 5.29. The van der Waals surface area contributed by atoms with Crippen LogP contribution in [0.1, 0.15) is 50.4 Å². The largest absolute Gasteiger partial charge is 0.396 e. The molecule has 0 bridgehead atoms. The molecule has 0 spiro atoms. The van der Waals surface area contributed by atoms with E-state index in [1.54, 1.807) is 6.20 Å². The van der Waals surface area contributed by atoms with Crippen LogP contribution in [-0.2, 0) is 0 Å². The molecule has 1 aliphatic carbocycles. The first kappa shape index (κ1) is 16.1. The molecule has 2 heterocycles. The predicted molar refractivity (Wildman–Crippen MR) is 90.5 cm³/mol. The van der Waals surface area contributed by atoms with E-state index in [0.29, 0.717) is 6.04 Å². The van der Waals surface area contributed by atoms with Crippen LogP contribution in [-0.4, -0.2) is 32.5 Å². The van der Waals surface area contributed by atoms with Gasteiger partial charge in [-0.1, -0.05) is 19.4 Å². The van der Waals surface area contributed by atoms with Crippen molar-refractivity contribution in [3.63, 3.8) is 0 Å². The van der Waals surface area contributed by atoms with E-state index >= 15 is 0 Å². The summed E-state index contributed by atoms with van der Waals surface area (Å²) in [5.74, 6) is 0.838. The monoisotopic (exact) mass is 314 g/mol. The molecule has 1 fully saturated rings. The summed E-state index contributed by atoms with van der Waals surface area (Å²) in [5.41, 5.74) is 2.27. The summed E-state index contributed by atoms with van der Waals surface area (Å²) >= 11 is 0. The molecule has 1 aliphatic rings. The van der Waals surface area contributed by atoms with E-state index in [1.165, 1.54) is 12.0 Å². The maximum Gasteiger partial charge on any atom is 0.153 e. The minimum atomic E-state index is -0.0147. The topological polar surface area (TPSA) is 63.0 Å². The molecule has 5 nitrogen and oxygen atoms in total. The number of aromatic nitrogens is 3. The van der Waals surface area contributed by atoms with Gasteiger partial charge in [-0.2, -0.15) is 5.10 Å². The first-order chi connectivity index (χ1) is 11.0. The highest BCUT2D eigenvalue weighted by atomic mass is 16.3. The Hall–Kier alpha value is -1.72. The Balaban J connectivity index is 1.79. The van der Waals surface area contributed by atoms with Crippen molar-refractivity contribution in [3.05, 3.63) is 41.9 Å². The van der Waals surface area contributed by atoms with Crippen molar-refractivity contribution in [2.24, 2.45) is 5.41 Å². The Labute approximate surface area is 137 Å². The second-order valence-corrected chi connectivity index (χ2v) is 6.93. The zero-order valence-corrected chi connectivity index (χ0v) is 14.2. The van der Waals surface area contributed by atoms with Crippen LogP contribution in [0.25, 0.3) is 5.82 Å². The van der Waals surface area contributed by atoms with Gasteiger partial charge in [0, 0.05) is 41.6 Å². The molecular formula is C18H26N4O. The summed E-state index contributed by atoms with van der Waals surface area (Å²) < 4.78 is 1.88. The van der Waals surface area contributed by atoms with E-state index in [-0.39, 0.29) is 18.1 Å². The Morgan fingerprint density at radius 1 is 1.48 bits per heavy atom. The summed E-state index contributed by atoms with van der Waals surface area (Å²) in [5, 5.41) is 17.9. The third kappa shape index (κ3) is 3.03. The third-order valence-corrected chi connectivity index (χ3v) is 5.27. The second-order valence-electron chi connectivity index (χ2n) is 6.93. The van der Waals surface area contributed by atoms with Crippen LogP contribution in [0.15, 0.2) is 30.6 Å². The number of hydrogen-bond acceptors (Lipinski definition) is 4. The highest BCUT2D eigenvalue weighted by Crippen LogP contribution is 2.38. The number of aliphatic hydroxyl groups is 1. The van der Waals surface area contributed by atoms with Gasteiger partial charge in [0.2, 0.25) is 0 Å². The molecule has 2 N–H and O–H groups in total. The van der Waals surface area contributed by atoms with Gasteiger partial charge in [0.1, 0.15) is 0 Å². The lowest BCUT2D eigenvalue weighted by Gasteiger charge is -2.32. The minimum Gasteiger partial charge on any atom is -0.396 e. The number of aliphatic hydroxyl groups excluding tert-OH is 1. The fraction of sp³-hybridized carbons (Fsp3) is 0.556. The van der Waals surface area contributed by atoms with Crippen molar-refractivity contribution in [1.82, 2.24) is 20.1 Å². The van der Waals surface area contributed by atoms with E-state index in [1.807, 2.05) is 29.1 Å². The van der Waals surface area contributed by atoms with Crippen molar-refractivity contribution >= 4 is 0 Å². The van der Waals surface area contributed by atoms with Crippen LogP contribution >= 0.6 is 0 Å². The van der Waals surface area contributed by atoms with Gasteiger partial charge in [-0.3, -0.25) is 0 Å². The maximum atomic E-state index is 9.72. The quantitative estimate of drug-likeness (QED) is 0.891. The van der Waals surface area contributed by atoms with Gasteiger partial charge >= 0.3 is 0 Å². The Kier molecular flexibility index (Phi) is 4.50. The first-order valence-corrected chi connectivity index (χ1v) is 8.38. The molecule has 23 heavy (non-hydrogen) atoms. The van der Waals surface area contributed by atoms with E-state index in [9.17, 15) is 5.11 Å². The van der Waals surface area contributed by atoms with Crippen molar-refractivity contribution in [2.75, 3.05) is 6.61 Å². The summed E-state index contributed by atoms with van der Waals surface area (Å²) in [6.07, 6.45) is 7.08. The lowest BCUT2D eigenvalue weighted by molar-refractivity contribution is 0.114. The lowest BCUT2D eigenvalue weighted by atomic mass is 9.85. The molecule has 0 aliphatic heterocycles. The lowest BCUT2D eigenvalue weighted by Crippen LogP contribution is -2.43. The smallest absolute Gasteiger partial charge is 0.153 e. The molecule has 3 atom stereocenters. The van der Waals surface area contributed by atoms with Crippen molar-refractivity contribution in [3.8, 4) is 5.82 Å². The SMILES string of the molecule is Cc1c(C(C)NC2CCCC2(C)CO)cnn1-c1ccccn1. The molecule has 5 heteroatoms. The molecule has 0 radical (unpaired) electrons. The van der Waals surface area contributed by atoms with Crippen molar-refractivity contribution in [2.45, 2.75) is 52.1 Å². The second kappa shape index (κ2) is 6.42. The first-order valence-electron chi connectivity index (χ1n) is 8.38. The van der Waals surface area contributed by atoms with Gasteiger partial charge in [0.05, 0.1) is 6.20 Å². The van der Waals surface area contributed by atoms with E-state index in [4.69, 9.17) is 0 Å². The Morgan fingerprint density at radius 2 is 2.30 bits per heavy atom. The number of nitrogens with one attached hydrogen (secondary N) is 1. The zero-order chi connectivity index (χ0) is 16.4. The van der Waals surface area contributed by atoms with Crippen LogP contribution in [0.5, 0.6) is 0 Å². The van der Waals surface area contributed by atoms with Crippen LogP contribution in [0, 0.1) is 12.3 Å². The van der Waals surface area contributed by atoms with E-state index < -0.39 is 0 Å². The number of nitrogens with zero attached hydrogens (tertiary/aromatic N) is 3. The molecular weight excluding hydrogens is 288 g/mol. The predicted octanol–water partition coefficient (Wildman–Crippen LogP) is 2.78. The van der Waals surface area contributed by atoms with Gasteiger partial charge < -0.3 is 10.4 Å². The summed E-state index contributed by atoms with van der Waals surface area (Å²) in [7, 11) is 0. The van der Waals surface area contributed by atoms with Crippen molar-refractivity contribution < 1.29 is 5.11 Å². The van der Waals surface area contributed by atoms with Gasteiger partial charge in [-0.05, 0) is 38.8 Å². The normalized spacial score (nSPS) is 25.7. The van der Waals surface area contributed by atoms with Crippen LogP contribution in [0.3, 0.4) is 0 Å². The van der Waals surface area contributed by atoms with Gasteiger partial charge in [0.15, 0.2) is 5.82 Å². The average Bonchev–Trinajstić information content (AvgIpc) is 3.12. The standard InChI is InChI=1S/C18H26N4O/c1-13(21-16-7-6-9-18(16,3)12-23)15-11-20-22(14(15)2)17-8-4-5-10-19-17/h4-5,8,10-11,13,16,21,23H,6-7,9,12H2,1-3H3. The molecule has 0 aromatic carbocycles. The molecule has 2 aromatic heterocycles. The van der Waals surface area contributed by atoms with Gasteiger partial charge in [-0.15, -0.1) is 0 Å². The molecule has 124 valence electrons. The van der Waals surface area contributed by atoms with Gasteiger partial charge in [0.25, 0.3) is 0 Å². The van der Waals surface area contributed by atoms with Crippen LogP contribution < -0.4 is 5.32 Å². The summed E-state index contributed by atoms with van der Waals surface area (Å²) in [6.45, 7) is 6.66. The molecule has 0 saturated heterocycles. The zero-order valence-electron chi connectivity index (χ0n) is 14.2. The third-order valence-electron chi connectivity index (χ3n) is 5.27. The molecule has 3 unspecified atom stereocenters. The van der Waals surface area contributed by atoms with Crippen LogP contribution in [0.4, 0.5) is 0 Å². The Morgan fingerprint density at radius 3 is 3.00 bits per heavy atom. The Bertz CT molecular complexity index is 654. The molecule has 1 saturated carbocycles. The number of rotatable bonds is 5. The average molecular weight is 314 g/mol. The number of pyridine rings is 1. The molecule has 2 aromatic rings. The maximum absolute atomic E-state index is 9.72. The molecule has 0 amide bonds. The summed E-state index contributed by atoms with van der Waals surface area (Å²) in [6, 6.07) is 6.38.